The van der Waals surface area contributed by atoms with Crippen molar-refractivity contribution in [2.45, 2.75) is 96.9 Å². The third-order valence-electron chi connectivity index (χ3n) is 7.30. The Bertz CT molecular complexity index is 1830. The summed E-state index contributed by atoms with van der Waals surface area (Å²) < 4.78 is 64.3. The number of nitrogens with zero attached hydrogens (tertiary/aromatic N) is 5. The number of halogens is 3. The molecule has 4 rings (SSSR count). The number of fused-ring (bicyclic) bond motifs is 1. The van der Waals surface area contributed by atoms with E-state index in [2.05, 4.69) is 32.1 Å². The molecule has 3 aromatic rings. The Morgan fingerprint density at radius 1 is 1.06 bits per heavy atom. The first kappa shape index (κ1) is 39.8. The van der Waals surface area contributed by atoms with Crippen LogP contribution in [0.3, 0.4) is 0 Å². The summed E-state index contributed by atoms with van der Waals surface area (Å²) in [7, 11) is 2.88. The second-order valence-corrected chi connectivity index (χ2v) is 14.1. The molecule has 4 heterocycles. The highest BCUT2D eigenvalue weighted by molar-refractivity contribution is 6.03. The van der Waals surface area contributed by atoms with Crippen molar-refractivity contribution >= 4 is 40.8 Å². The lowest BCUT2D eigenvalue weighted by atomic mass is 10.1. The Balaban J connectivity index is 1.74. The number of aromatic nitrogens is 4. The highest BCUT2D eigenvalue weighted by Gasteiger charge is 2.40. The first-order valence-corrected chi connectivity index (χ1v) is 16.6. The van der Waals surface area contributed by atoms with Crippen LogP contribution in [-0.4, -0.2) is 81.5 Å². The predicted octanol–water partition coefficient (Wildman–Crippen LogP) is 6.13. The van der Waals surface area contributed by atoms with Gasteiger partial charge in [-0.3, -0.25) is 9.69 Å². The maximum absolute atomic E-state index is 13.5. The van der Waals surface area contributed by atoms with Crippen molar-refractivity contribution in [3.05, 3.63) is 41.5 Å². The maximum atomic E-state index is 13.5. The normalized spacial score (nSPS) is 15.6. The number of pyridine rings is 2. The number of hydrogen-bond acceptors (Lipinski definition) is 10. The number of alkyl carbamates (subject to hydrolysis) is 1. The molecule has 0 spiro atoms. The van der Waals surface area contributed by atoms with Gasteiger partial charge in [-0.2, -0.15) is 13.2 Å². The predicted molar refractivity (Wildman–Crippen MR) is 184 cm³/mol. The fourth-order valence-electron chi connectivity index (χ4n) is 5.00. The number of carbonyl (C=O) groups is 3. The number of anilines is 2. The highest BCUT2D eigenvalue weighted by Crippen LogP contribution is 2.32. The molecular weight excluding hydrogens is 687 g/mol. The Labute approximate surface area is 299 Å². The largest absolute Gasteiger partial charge is 0.471 e. The zero-order valence-corrected chi connectivity index (χ0v) is 30.4. The smallest absolute Gasteiger partial charge is 0.444 e. The van der Waals surface area contributed by atoms with Crippen LogP contribution in [0, 0.1) is 11.8 Å². The Morgan fingerprint density at radius 3 is 2.40 bits per heavy atom. The molecule has 2 N–H and O–H groups in total. The quantitative estimate of drug-likeness (QED) is 0.258. The molecule has 0 saturated carbocycles. The average molecular weight is 732 g/mol. The van der Waals surface area contributed by atoms with Gasteiger partial charge < -0.3 is 34.1 Å². The van der Waals surface area contributed by atoms with Crippen LogP contribution < -0.4 is 15.5 Å². The molecule has 1 fully saturated rings. The number of amides is 3. The molecule has 52 heavy (non-hydrogen) atoms. The number of ether oxygens (including phenoxy) is 4. The Kier molecular flexibility index (Phi) is 12.4. The number of imidazole rings is 1. The molecule has 1 aliphatic rings. The van der Waals surface area contributed by atoms with Gasteiger partial charge in [0.25, 0.3) is 0 Å². The van der Waals surface area contributed by atoms with E-state index in [0.717, 1.165) is 24.2 Å². The highest BCUT2D eigenvalue weighted by atomic mass is 19.4. The maximum Gasteiger partial charge on any atom is 0.471 e. The van der Waals surface area contributed by atoms with Crippen molar-refractivity contribution in [2.24, 2.45) is 7.05 Å². The van der Waals surface area contributed by atoms with E-state index in [1.54, 1.807) is 72.1 Å². The lowest BCUT2D eigenvalue weighted by Gasteiger charge is -2.25. The van der Waals surface area contributed by atoms with Crippen molar-refractivity contribution in [3.63, 3.8) is 0 Å². The van der Waals surface area contributed by atoms with Gasteiger partial charge in [0.1, 0.15) is 22.4 Å². The third-order valence-corrected chi connectivity index (χ3v) is 7.30. The minimum atomic E-state index is -5.26. The van der Waals surface area contributed by atoms with E-state index in [4.69, 9.17) is 18.9 Å². The molecule has 14 nitrogen and oxygen atoms in total. The molecule has 282 valence electrons. The van der Waals surface area contributed by atoms with Gasteiger partial charge in [0.05, 0.1) is 35.8 Å². The summed E-state index contributed by atoms with van der Waals surface area (Å²) in [6, 6.07) is 4.24. The second-order valence-electron chi connectivity index (χ2n) is 14.1. The molecule has 0 radical (unpaired) electrons. The number of rotatable bonds is 8. The molecule has 3 aromatic heterocycles. The van der Waals surface area contributed by atoms with Crippen LogP contribution in [0.4, 0.5) is 34.4 Å². The van der Waals surface area contributed by atoms with Crippen molar-refractivity contribution in [1.82, 2.24) is 24.8 Å². The number of carbonyl (C=O) groups excluding carboxylic acids is 3. The van der Waals surface area contributed by atoms with Gasteiger partial charge in [0.2, 0.25) is 0 Å². The van der Waals surface area contributed by atoms with Crippen LogP contribution in [0.5, 0.6) is 0 Å². The van der Waals surface area contributed by atoms with Gasteiger partial charge in [0, 0.05) is 20.7 Å². The summed E-state index contributed by atoms with van der Waals surface area (Å²) in [6.07, 6.45) is -2.75. The molecule has 0 aromatic carbocycles. The fraction of sp³-hybridized carbons (Fsp3) is 0.543. The van der Waals surface area contributed by atoms with Crippen LogP contribution in [0.15, 0.2) is 24.5 Å². The number of aryl methyl sites for hydroxylation is 1. The SMILES string of the molecule is CN(C(=O)OC(C)(C)C)c1nc(NC(=O)C(F)(F)F)c(C#Cc2cccc(C(CCO[C@H]3CCCCO3)NC(=O)OC(C)(C)C)n2)c2c1ncn2C. The van der Waals surface area contributed by atoms with E-state index in [1.807, 2.05) is 0 Å². The van der Waals surface area contributed by atoms with E-state index in [9.17, 15) is 27.6 Å². The summed E-state index contributed by atoms with van der Waals surface area (Å²) in [4.78, 5) is 52.1. The van der Waals surface area contributed by atoms with Crippen LogP contribution >= 0.6 is 0 Å². The van der Waals surface area contributed by atoms with Gasteiger partial charge >= 0.3 is 24.3 Å². The van der Waals surface area contributed by atoms with E-state index >= 15 is 0 Å². The van der Waals surface area contributed by atoms with Gasteiger partial charge in [-0.05, 0) is 85.3 Å². The summed E-state index contributed by atoms with van der Waals surface area (Å²) in [6.45, 7) is 11.0. The minimum Gasteiger partial charge on any atom is -0.444 e. The lowest BCUT2D eigenvalue weighted by Crippen LogP contribution is -2.36. The van der Waals surface area contributed by atoms with Crippen molar-refractivity contribution in [3.8, 4) is 11.8 Å². The summed E-state index contributed by atoms with van der Waals surface area (Å²) >= 11 is 0. The van der Waals surface area contributed by atoms with Gasteiger partial charge in [-0.15, -0.1) is 0 Å². The first-order chi connectivity index (χ1) is 24.2. The third kappa shape index (κ3) is 11.0. The van der Waals surface area contributed by atoms with E-state index < -0.39 is 47.3 Å². The molecule has 1 unspecified atom stereocenters. The summed E-state index contributed by atoms with van der Waals surface area (Å²) in [5.41, 5.74) is -0.900. The lowest BCUT2D eigenvalue weighted by molar-refractivity contribution is -0.167. The summed E-state index contributed by atoms with van der Waals surface area (Å²) in [5, 5.41) is 4.63. The minimum absolute atomic E-state index is 0.107. The van der Waals surface area contributed by atoms with Crippen LogP contribution in [0.2, 0.25) is 0 Å². The molecule has 0 bridgehead atoms. The molecular formula is C35H44F3N7O7. The first-order valence-electron chi connectivity index (χ1n) is 16.6. The van der Waals surface area contributed by atoms with E-state index in [0.29, 0.717) is 18.7 Å². The molecule has 3 amide bonds. The van der Waals surface area contributed by atoms with Crippen LogP contribution in [0.25, 0.3) is 11.0 Å². The molecule has 17 heteroatoms. The van der Waals surface area contributed by atoms with Crippen molar-refractivity contribution < 1.29 is 46.5 Å². The zero-order valence-electron chi connectivity index (χ0n) is 30.4. The second kappa shape index (κ2) is 16.2. The van der Waals surface area contributed by atoms with Crippen LogP contribution in [0.1, 0.15) is 90.2 Å². The molecule has 2 atom stereocenters. The van der Waals surface area contributed by atoms with Crippen molar-refractivity contribution in [2.75, 3.05) is 30.5 Å². The van der Waals surface area contributed by atoms with Gasteiger partial charge in [0.15, 0.2) is 17.9 Å². The topological polar surface area (TPSA) is 159 Å². The number of alkyl halides is 3. The Hall–Kier alpha value is -4.95. The average Bonchev–Trinajstić information content (AvgIpc) is 3.42. The monoisotopic (exact) mass is 731 g/mol. The molecule has 1 saturated heterocycles. The number of hydrogen-bond donors (Lipinski definition) is 2. The standard InChI is InChI=1S/C35H44F3N7O7/c1-33(2,3)51-31(47)41-24(17-19-50-25-14-9-10-18-49-25)23-13-11-12-21(40-23)15-16-22-27-26(39-20-44(27)7)29(45(8)32(48)52-34(4,5)6)42-28(22)43-30(46)35(36,37)38/h11-13,20,24-25H,9-10,14,17-19H2,1-8H3,(H,41,47)(H,42,43,46)/t24?,25-/m0/s1. The van der Waals surface area contributed by atoms with Crippen LogP contribution in [-0.2, 0) is 30.8 Å². The fourth-order valence-corrected chi connectivity index (χ4v) is 5.00. The molecule has 1 aliphatic heterocycles. The number of nitrogens with one attached hydrogen (secondary N) is 2. The molecule has 0 aliphatic carbocycles. The zero-order chi connectivity index (χ0) is 38.4. The van der Waals surface area contributed by atoms with Gasteiger partial charge in [-0.1, -0.05) is 12.0 Å². The van der Waals surface area contributed by atoms with E-state index in [1.165, 1.54) is 17.9 Å². The van der Waals surface area contributed by atoms with Crippen molar-refractivity contribution in [1.29, 1.82) is 0 Å². The summed E-state index contributed by atoms with van der Waals surface area (Å²) in [5.74, 6) is 2.61. The van der Waals surface area contributed by atoms with E-state index in [-0.39, 0.29) is 41.0 Å². The Morgan fingerprint density at radius 2 is 1.77 bits per heavy atom. The van der Waals surface area contributed by atoms with Gasteiger partial charge in [-0.25, -0.2) is 24.5 Å².